The van der Waals surface area contributed by atoms with Gasteiger partial charge in [0.15, 0.2) is 0 Å². The predicted octanol–water partition coefficient (Wildman–Crippen LogP) is 0.615. The van der Waals surface area contributed by atoms with Crippen molar-refractivity contribution in [3.8, 4) is 0 Å². The summed E-state index contributed by atoms with van der Waals surface area (Å²) in [6.45, 7) is 6.84. The molecule has 0 spiro atoms. The molecule has 1 aromatic carbocycles. The lowest BCUT2D eigenvalue weighted by Crippen LogP contribution is -2.46. The van der Waals surface area contributed by atoms with Crippen molar-refractivity contribution in [2.45, 2.75) is 12.8 Å². The molecule has 1 aliphatic rings. The minimum Gasteiger partial charge on any atom is -0.314 e. The van der Waals surface area contributed by atoms with Crippen LogP contribution in [0.15, 0.2) is 30.3 Å². The molecule has 1 aromatic rings. The van der Waals surface area contributed by atoms with Crippen LogP contribution in [0.4, 0.5) is 0 Å². The quantitative estimate of drug-likeness (QED) is 0.775. The highest BCUT2D eigenvalue weighted by atomic mass is 32.2. The fourth-order valence-electron chi connectivity index (χ4n) is 2.41. The second-order valence-corrected chi connectivity index (χ2v) is 7.50. The second-order valence-electron chi connectivity index (χ2n) is 5.57. The van der Waals surface area contributed by atoms with E-state index in [0.29, 0.717) is 13.1 Å². The maximum absolute atomic E-state index is 12.1. The van der Waals surface area contributed by atoms with Crippen LogP contribution in [0.2, 0.25) is 0 Å². The number of piperazine rings is 1. The average molecular weight is 311 g/mol. The van der Waals surface area contributed by atoms with E-state index in [2.05, 4.69) is 14.9 Å². The zero-order valence-corrected chi connectivity index (χ0v) is 13.4. The van der Waals surface area contributed by atoms with Crippen LogP contribution in [0, 0.1) is 0 Å². The predicted molar refractivity (Wildman–Crippen MR) is 86.0 cm³/mol. The van der Waals surface area contributed by atoms with Crippen LogP contribution in [-0.4, -0.2) is 58.3 Å². The number of nitrogens with zero attached hydrogens (tertiary/aromatic N) is 1. The lowest BCUT2D eigenvalue weighted by Gasteiger charge is -2.27. The number of rotatable bonds is 7. The minimum atomic E-state index is -3.20. The zero-order chi connectivity index (χ0) is 15.1. The molecule has 1 unspecified atom stereocenters. The standard InChI is InChI=1S/C15H25N3O2S/c1-14(15-5-3-2-4-6-15)13-17-21(19,20)12-11-18-9-7-16-8-10-18/h2-6,14,16-17H,7-13H2,1H3. The van der Waals surface area contributed by atoms with Gasteiger partial charge in [-0.15, -0.1) is 0 Å². The lowest BCUT2D eigenvalue weighted by molar-refractivity contribution is 0.253. The van der Waals surface area contributed by atoms with Gasteiger partial charge in [0.05, 0.1) is 5.75 Å². The molecular formula is C15H25N3O2S. The van der Waals surface area contributed by atoms with Crippen molar-refractivity contribution in [1.82, 2.24) is 14.9 Å². The molecule has 0 aliphatic carbocycles. The van der Waals surface area contributed by atoms with Crippen LogP contribution in [-0.2, 0) is 10.0 Å². The third kappa shape index (κ3) is 5.74. The van der Waals surface area contributed by atoms with E-state index in [1.165, 1.54) is 0 Å². The molecule has 0 bridgehead atoms. The molecule has 0 saturated carbocycles. The summed E-state index contributed by atoms with van der Waals surface area (Å²) in [4.78, 5) is 2.19. The third-order valence-electron chi connectivity index (χ3n) is 3.86. The summed E-state index contributed by atoms with van der Waals surface area (Å²) in [6, 6.07) is 9.97. The summed E-state index contributed by atoms with van der Waals surface area (Å²) in [7, 11) is -3.20. The van der Waals surface area contributed by atoms with E-state index in [1.54, 1.807) is 0 Å². The Labute approximate surface area is 127 Å². The SMILES string of the molecule is CC(CNS(=O)(=O)CCN1CCNCC1)c1ccccc1. The number of sulfonamides is 1. The Hall–Kier alpha value is -0.950. The third-order valence-corrected chi connectivity index (χ3v) is 5.19. The first-order valence-corrected chi connectivity index (χ1v) is 9.17. The van der Waals surface area contributed by atoms with Gasteiger partial charge in [-0.3, -0.25) is 4.90 Å². The van der Waals surface area contributed by atoms with E-state index in [0.717, 1.165) is 31.7 Å². The molecule has 21 heavy (non-hydrogen) atoms. The monoisotopic (exact) mass is 311 g/mol. The van der Waals surface area contributed by atoms with Crippen LogP contribution in [0.25, 0.3) is 0 Å². The maximum atomic E-state index is 12.1. The van der Waals surface area contributed by atoms with Crippen LogP contribution in [0.5, 0.6) is 0 Å². The molecule has 0 aromatic heterocycles. The summed E-state index contributed by atoms with van der Waals surface area (Å²) in [5.41, 5.74) is 1.15. The topological polar surface area (TPSA) is 61.4 Å². The van der Waals surface area contributed by atoms with Gasteiger partial charge in [-0.1, -0.05) is 37.3 Å². The van der Waals surface area contributed by atoms with Crippen molar-refractivity contribution in [1.29, 1.82) is 0 Å². The Balaban J connectivity index is 1.75. The number of hydrogen-bond donors (Lipinski definition) is 2. The van der Waals surface area contributed by atoms with Gasteiger partial charge in [0, 0.05) is 39.3 Å². The van der Waals surface area contributed by atoms with Crippen molar-refractivity contribution >= 4 is 10.0 Å². The van der Waals surface area contributed by atoms with E-state index in [-0.39, 0.29) is 11.7 Å². The van der Waals surface area contributed by atoms with Crippen molar-refractivity contribution in [2.24, 2.45) is 0 Å². The van der Waals surface area contributed by atoms with Gasteiger partial charge in [0.25, 0.3) is 0 Å². The highest BCUT2D eigenvalue weighted by Gasteiger charge is 2.16. The van der Waals surface area contributed by atoms with E-state index in [9.17, 15) is 8.42 Å². The molecule has 1 fully saturated rings. The molecule has 5 nitrogen and oxygen atoms in total. The van der Waals surface area contributed by atoms with Crippen LogP contribution >= 0.6 is 0 Å². The van der Waals surface area contributed by atoms with Crippen molar-refractivity contribution in [3.63, 3.8) is 0 Å². The highest BCUT2D eigenvalue weighted by molar-refractivity contribution is 7.89. The summed E-state index contributed by atoms with van der Waals surface area (Å²) in [5, 5.41) is 3.26. The molecule has 0 amide bonds. The fraction of sp³-hybridized carbons (Fsp3) is 0.600. The van der Waals surface area contributed by atoms with Gasteiger partial charge < -0.3 is 5.32 Å². The van der Waals surface area contributed by atoms with Gasteiger partial charge in [-0.25, -0.2) is 13.1 Å². The molecule has 6 heteroatoms. The van der Waals surface area contributed by atoms with Gasteiger partial charge in [-0.2, -0.15) is 0 Å². The zero-order valence-electron chi connectivity index (χ0n) is 12.6. The maximum Gasteiger partial charge on any atom is 0.212 e. The number of nitrogens with one attached hydrogen (secondary N) is 2. The highest BCUT2D eigenvalue weighted by Crippen LogP contribution is 2.13. The van der Waals surface area contributed by atoms with Crippen molar-refractivity contribution in [3.05, 3.63) is 35.9 Å². The first kappa shape index (κ1) is 16.4. The van der Waals surface area contributed by atoms with Crippen LogP contribution in [0.1, 0.15) is 18.4 Å². The fourth-order valence-corrected chi connectivity index (χ4v) is 3.55. The average Bonchev–Trinajstić information content (AvgIpc) is 2.53. The van der Waals surface area contributed by atoms with Gasteiger partial charge in [-0.05, 0) is 11.5 Å². The molecule has 1 atom stereocenters. The van der Waals surface area contributed by atoms with Gasteiger partial charge in [0.1, 0.15) is 0 Å². The van der Waals surface area contributed by atoms with Crippen molar-refractivity contribution in [2.75, 3.05) is 45.0 Å². The Morgan fingerprint density at radius 1 is 1.24 bits per heavy atom. The van der Waals surface area contributed by atoms with Crippen molar-refractivity contribution < 1.29 is 8.42 Å². The van der Waals surface area contributed by atoms with Crippen LogP contribution < -0.4 is 10.0 Å². The Morgan fingerprint density at radius 3 is 2.57 bits per heavy atom. The molecule has 0 radical (unpaired) electrons. The summed E-state index contributed by atoms with van der Waals surface area (Å²) in [6.07, 6.45) is 0. The Kier molecular flexibility index (Phi) is 6.17. The lowest BCUT2D eigenvalue weighted by atomic mass is 10.0. The second kappa shape index (κ2) is 7.89. The smallest absolute Gasteiger partial charge is 0.212 e. The first-order valence-electron chi connectivity index (χ1n) is 7.52. The molecule has 118 valence electrons. The molecule has 1 saturated heterocycles. The Bertz CT molecular complexity index is 513. The Morgan fingerprint density at radius 2 is 1.90 bits per heavy atom. The summed E-state index contributed by atoms with van der Waals surface area (Å²) < 4.78 is 26.8. The minimum absolute atomic E-state index is 0.175. The largest absolute Gasteiger partial charge is 0.314 e. The van der Waals surface area contributed by atoms with Gasteiger partial charge >= 0.3 is 0 Å². The van der Waals surface area contributed by atoms with Gasteiger partial charge in [0.2, 0.25) is 10.0 Å². The summed E-state index contributed by atoms with van der Waals surface area (Å²) >= 11 is 0. The van der Waals surface area contributed by atoms with Crippen LogP contribution in [0.3, 0.4) is 0 Å². The molecule has 2 N–H and O–H groups in total. The molecule has 1 aliphatic heterocycles. The molecule has 1 heterocycles. The normalized spacial score (nSPS) is 18.5. The summed E-state index contributed by atoms with van der Waals surface area (Å²) in [5.74, 6) is 0.356. The molecular weight excluding hydrogens is 286 g/mol. The van der Waals surface area contributed by atoms with E-state index in [1.807, 2.05) is 37.3 Å². The number of benzene rings is 1. The first-order chi connectivity index (χ1) is 10.1. The van der Waals surface area contributed by atoms with E-state index in [4.69, 9.17) is 0 Å². The number of hydrogen-bond acceptors (Lipinski definition) is 4. The van der Waals surface area contributed by atoms with E-state index >= 15 is 0 Å². The van der Waals surface area contributed by atoms with E-state index < -0.39 is 10.0 Å². The molecule has 2 rings (SSSR count).